The van der Waals surface area contributed by atoms with Crippen LogP contribution in [0.5, 0.6) is 5.75 Å². The average molecular weight is 405 g/mol. The maximum Gasteiger partial charge on any atom is 0.270 e. The molecular weight excluding hydrogens is 382 g/mol. The Balaban J connectivity index is 2.00. The van der Waals surface area contributed by atoms with Gasteiger partial charge in [0.1, 0.15) is 10.6 Å². The zero-order valence-corrected chi connectivity index (χ0v) is 16.7. The number of methoxy groups -OCH3 is 1. The third kappa shape index (κ3) is 4.10. The van der Waals surface area contributed by atoms with Gasteiger partial charge in [0.05, 0.1) is 17.7 Å². The van der Waals surface area contributed by atoms with Crippen molar-refractivity contribution in [3.63, 3.8) is 0 Å². The van der Waals surface area contributed by atoms with E-state index in [-0.39, 0.29) is 10.6 Å². The van der Waals surface area contributed by atoms with Crippen molar-refractivity contribution in [1.82, 2.24) is 4.31 Å². The van der Waals surface area contributed by atoms with Crippen LogP contribution in [0.4, 0.5) is 11.4 Å². The fourth-order valence-electron chi connectivity index (χ4n) is 3.34. The maximum absolute atomic E-state index is 13.1. The Bertz CT molecular complexity index is 971. The summed E-state index contributed by atoms with van der Waals surface area (Å²) < 4.78 is 32.9. The molecule has 3 rings (SSSR count). The molecule has 0 atom stereocenters. The van der Waals surface area contributed by atoms with E-state index in [4.69, 9.17) is 4.74 Å². The average Bonchev–Trinajstić information content (AvgIpc) is 3.23. The van der Waals surface area contributed by atoms with Crippen molar-refractivity contribution < 1.29 is 18.1 Å². The number of sulfonamides is 1. The SMILES string of the molecule is COc1cccc(CN(C)c2ccc([N+](=O)[O-])cc2S(=O)(=O)N2CCCC2)c1. The zero-order valence-electron chi connectivity index (χ0n) is 15.9. The third-order valence-corrected chi connectivity index (χ3v) is 6.73. The fraction of sp³-hybridized carbons (Fsp3) is 0.368. The zero-order chi connectivity index (χ0) is 20.3. The number of nitro groups is 1. The molecule has 0 bridgehead atoms. The Kier molecular flexibility index (Phi) is 5.85. The summed E-state index contributed by atoms with van der Waals surface area (Å²) in [5, 5.41) is 11.2. The van der Waals surface area contributed by atoms with Crippen molar-refractivity contribution in [3.8, 4) is 5.75 Å². The second-order valence-corrected chi connectivity index (χ2v) is 8.63. The van der Waals surface area contributed by atoms with Gasteiger partial charge < -0.3 is 9.64 Å². The number of rotatable bonds is 7. The van der Waals surface area contributed by atoms with E-state index in [0.717, 1.165) is 24.5 Å². The molecule has 1 fully saturated rings. The van der Waals surface area contributed by atoms with Gasteiger partial charge in [-0.1, -0.05) is 12.1 Å². The normalized spacial score (nSPS) is 14.8. The maximum atomic E-state index is 13.1. The highest BCUT2D eigenvalue weighted by Gasteiger charge is 2.31. The van der Waals surface area contributed by atoms with Crippen LogP contribution in [0, 0.1) is 10.1 Å². The van der Waals surface area contributed by atoms with Gasteiger partial charge in [-0.2, -0.15) is 4.31 Å². The molecule has 1 heterocycles. The lowest BCUT2D eigenvalue weighted by molar-refractivity contribution is -0.385. The van der Waals surface area contributed by atoms with Crippen LogP contribution >= 0.6 is 0 Å². The molecule has 1 aliphatic rings. The molecule has 28 heavy (non-hydrogen) atoms. The topological polar surface area (TPSA) is 93.0 Å². The van der Waals surface area contributed by atoms with Gasteiger partial charge in [0.15, 0.2) is 0 Å². The van der Waals surface area contributed by atoms with Crippen molar-refractivity contribution in [3.05, 3.63) is 58.1 Å². The van der Waals surface area contributed by atoms with E-state index < -0.39 is 14.9 Å². The van der Waals surface area contributed by atoms with Gasteiger partial charge in [-0.25, -0.2) is 8.42 Å². The van der Waals surface area contributed by atoms with E-state index in [1.165, 1.54) is 16.4 Å². The van der Waals surface area contributed by atoms with Crippen LogP contribution in [-0.4, -0.2) is 44.9 Å². The standard InChI is InChI=1S/C19H23N3O5S/c1-20(14-15-6-5-7-17(12-15)27-2)18-9-8-16(22(23)24)13-19(18)28(25,26)21-10-3-4-11-21/h5-9,12-13H,3-4,10-11,14H2,1-2H3. The van der Waals surface area contributed by atoms with E-state index in [9.17, 15) is 18.5 Å². The molecule has 0 unspecified atom stereocenters. The number of anilines is 1. The second-order valence-electron chi connectivity index (χ2n) is 6.73. The van der Waals surface area contributed by atoms with E-state index in [0.29, 0.717) is 31.1 Å². The summed E-state index contributed by atoms with van der Waals surface area (Å²) in [5.74, 6) is 0.708. The van der Waals surface area contributed by atoms with Gasteiger partial charge in [0.2, 0.25) is 10.0 Å². The molecule has 9 heteroatoms. The summed E-state index contributed by atoms with van der Waals surface area (Å²) in [4.78, 5) is 12.4. The van der Waals surface area contributed by atoms with Gasteiger partial charge in [0.25, 0.3) is 5.69 Å². The Hall–Kier alpha value is -2.65. The number of non-ortho nitro benzene ring substituents is 1. The van der Waals surface area contributed by atoms with Crippen molar-refractivity contribution in [2.24, 2.45) is 0 Å². The van der Waals surface area contributed by atoms with Crippen molar-refractivity contribution in [2.75, 3.05) is 32.1 Å². The van der Waals surface area contributed by atoms with Crippen molar-refractivity contribution in [1.29, 1.82) is 0 Å². The summed E-state index contributed by atoms with van der Waals surface area (Å²) >= 11 is 0. The van der Waals surface area contributed by atoms with Crippen LogP contribution in [0.15, 0.2) is 47.4 Å². The highest BCUT2D eigenvalue weighted by molar-refractivity contribution is 7.89. The first-order chi connectivity index (χ1) is 13.3. The van der Waals surface area contributed by atoms with E-state index in [2.05, 4.69) is 0 Å². The first-order valence-electron chi connectivity index (χ1n) is 8.95. The van der Waals surface area contributed by atoms with Crippen LogP contribution < -0.4 is 9.64 Å². The lowest BCUT2D eigenvalue weighted by Gasteiger charge is -2.25. The Morgan fingerprint density at radius 1 is 1.18 bits per heavy atom. The summed E-state index contributed by atoms with van der Waals surface area (Å²) in [5.41, 5.74) is 1.13. The molecule has 0 spiro atoms. The van der Waals surface area contributed by atoms with Crippen LogP contribution in [0.25, 0.3) is 0 Å². The first-order valence-corrected chi connectivity index (χ1v) is 10.4. The van der Waals surface area contributed by atoms with Gasteiger partial charge >= 0.3 is 0 Å². The van der Waals surface area contributed by atoms with Crippen molar-refractivity contribution in [2.45, 2.75) is 24.3 Å². The predicted octanol–water partition coefficient (Wildman–Crippen LogP) is 3.02. The molecule has 1 aliphatic heterocycles. The molecular formula is C19H23N3O5S. The van der Waals surface area contributed by atoms with Crippen LogP contribution in [0.2, 0.25) is 0 Å². The van der Waals surface area contributed by atoms with Gasteiger partial charge in [0, 0.05) is 38.8 Å². The van der Waals surface area contributed by atoms with Crippen LogP contribution in [0.3, 0.4) is 0 Å². The molecule has 0 radical (unpaired) electrons. The van der Waals surface area contributed by atoms with Gasteiger partial charge in [-0.3, -0.25) is 10.1 Å². The lowest BCUT2D eigenvalue weighted by atomic mass is 10.2. The molecule has 2 aromatic rings. The first kappa shape index (κ1) is 20.1. The monoisotopic (exact) mass is 405 g/mol. The molecule has 0 amide bonds. The predicted molar refractivity (Wildman–Crippen MR) is 106 cm³/mol. The van der Waals surface area contributed by atoms with Gasteiger partial charge in [-0.15, -0.1) is 0 Å². The minimum atomic E-state index is -3.81. The fourth-order valence-corrected chi connectivity index (χ4v) is 5.11. The molecule has 0 aromatic heterocycles. The van der Waals surface area contributed by atoms with Crippen LogP contribution in [0.1, 0.15) is 18.4 Å². The Morgan fingerprint density at radius 2 is 1.89 bits per heavy atom. The summed E-state index contributed by atoms with van der Waals surface area (Å²) in [6.07, 6.45) is 1.59. The molecule has 0 aliphatic carbocycles. The quantitative estimate of drug-likeness (QED) is 0.519. The minimum Gasteiger partial charge on any atom is -0.497 e. The summed E-state index contributed by atoms with van der Waals surface area (Å²) in [6.45, 7) is 1.30. The smallest absolute Gasteiger partial charge is 0.270 e. The third-order valence-electron chi connectivity index (χ3n) is 4.80. The molecule has 1 saturated heterocycles. The van der Waals surface area contributed by atoms with E-state index in [1.807, 2.05) is 24.3 Å². The molecule has 0 N–H and O–H groups in total. The number of nitrogens with zero attached hydrogens (tertiary/aromatic N) is 3. The number of hydrogen-bond acceptors (Lipinski definition) is 6. The molecule has 150 valence electrons. The molecule has 8 nitrogen and oxygen atoms in total. The van der Waals surface area contributed by atoms with Crippen molar-refractivity contribution >= 4 is 21.4 Å². The highest BCUT2D eigenvalue weighted by atomic mass is 32.2. The number of benzene rings is 2. The minimum absolute atomic E-state index is 0.0333. The van der Waals surface area contributed by atoms with Crippen LogP contribution in [-0.2, 0) is 16.6 Å². The number of nitro benzene ring substituents is 1. The molecule has 0 saturated carbocycles. The summed E-state index contributed by atoms with van der Waals surface area (Å²) in [6, 6.07) is 11.5. The van der Waals surface area contributed by atoms with Gasteiger partial charge in [-0.05, 0) is 36.6 Å². The Morgan fingerprint density at radius 3 is 2.54 bits per heavy atom. The molecule has 2 aromatic carbocycles. The number of hydrogen-bond donors (Lipinski definition) is 0. The largest absolute Gasteiger partial charge is 0.497 e. The Labute approximate surface area is 164 Å². The lowest BCUT2D eigenvalue weighted by Crippen LogP contribution is -2.30. The number of ether oxygens (including phenoxy) is 1. The van der Waals surface area contributed by atoms with E-state index >= 15 is 0 Å². The second kappa shape index (κ2) is 8.15. The van der Waals surface area contributed by atoms with E-state index in [1.54, 1.807) is 19.1 Å². The highest BCUT2D eigenvalue weighted by Crippen LogP contribution is 2.33. The summed E-state index contributed by atoms with van der Waals surface area (Å²) in [7, 11) is -0.462.